The number of ether oxygens (including phenoxy) is 3. The first-order chi connectivity index (χ1) is 22.5. The summed E-state index contributed by atoms with van der Waals surface area (Å²) in [6, 6.07) is 29.7. The minimum atomic E-state index is -0.969. The molecule has 8 heteroatoms. The quantitative estimate of drug-likeness (QED) is 0.0997. The van der Waals surface area contributed by atoms with E-state index in [1.165, 1.54) is 0 Å². The van der Waals surface area contributed by atoms with Gasteiger partial charge in [0.1, 0.15) is 29.5 Å². The second-order valence-electron chi connectivity index (χ2n) is 11.1. The first-order valence-electron chi connectivity index (χ1n) is 15.3. The number of aromatic nitrogens is 3. The van der Waals surface area contributed by atoms with Gasteiger partial charge >= 0.3 is 5.97 Å². The molecule has 2 aromatic heterocycles. The van der Waals surface area contributed by atoms with E-state index in [0.29, 0.717) is 32.7 Å². The van der Waals surface area contributed by atoms with Crippen LogP contribution in [-0.4, -0.2) is 38.6 Å². The lowest BCUT2D eigenvalue weighted by atomic mass is 9.98. The van der Waals surface area contributed by atoms with Crippen LogP contribution in [0.5, 0.6) is 11.5 Å². The summed E-state index contributed by atoms with van der Waals surface area (Å²) in [6.07, 6.45) is 2.90. The smallest absolute Gasteiger partial charge is 0.352 e. The van der Waals surface area contributed by atoms with E-state index in [0.717, 1.165) is 61.3 Å². The van der Waals surface area contributed by atoms with Crippen molar-refractivity contribution in [1.29, 1.82) is 0 Å². The molecule has 0 aliphatic carbocycles. The second-order valence-corrected chi connectivity index (χ2v) is 11.1. The molecule has 0 atom stereocenters. The molecule has 0 fully saturated rings. The highest BCUT2D eigenvalue weighted by atomic mass is 16.5. The highest BCUT2D eigenvalue weighted by Crippen LogP contribution is 2.38. The normalized spacial score (nSPS) is 11.3. The van der Waals surface area contributed by atoms with Crippen molar-refractivity contribution in [3.63, 3.8) is 0 Å². The van der Waals surface area contributed by atoms with Gasteiger partial charge in [-0.25, -0.2) is 4.79 Å². The zero-order valence-corrected chi connectivity index (χ0v) is 26.1. The van der Waals surface area contributed by atoms with Crippen LogP contribution in [0, 0.1) is 0 Å². The van der Waals surface area contributed by atoms with Gasteiger partial charge in [0.15, 0.2) is 0 Å². The molecule has 2 heterocycles. The van der Waals surface area contributed by atoms with Crippen LogP contribution in [0.4, 0.5) is 0 Å². The number of carboxylic acids is 1. The van der Waals surface area contributed by atoms with Crippen molar-refractivity contribution < 1.29 is 24.1 Å². The summed E-state index contributed by atoms with van der Waals surface area (Å²) in [5.74, 6) is 0.592. The maximum Gasteiger partial charge on any atom is 0.352 e. The first-order valence-corrected chi connectivity index (χ1v) is 15.3. The number of rotatable bonds is 14. The standard InChI is InChI=1S/C38H37N3O5/c1-4-22-44-25-33-35(32(39-41(33)3)24-46-27-15-6-5-7-16-27)31-19-11-18-29-30(37(38(42)43)40(2)36(29)31)20-12-23-45-34-21-10-14-26-13-8-9-17-28(26)34/h4-11,13-19,21H,1,12,20,22-25H2,2-3H3,(H,42,43). The van der Waals surface area contributed by atoms with E-state index in [2.05, 4.69) is 18.7 Å². The van der Waals surface area contributed by atoms with Crippen molar-refractivity contribution >= 4 is 27.6 Å². The SMILES string of the molecule is C=CCOCc1c(-c2cccc3c(CCCOc4cccc5ccccc45)c(C(=O)O)n(C)c23)c(COc2ccccc2)nn1C. The largest absolute Gasteiger partial charge is 0.493 e. The molecule has 0 unspecified atom stereocenters. The topological polar surface area (TPSA) is 87.7 Å². The molecular formula is C38H37N3O5. The Bertz CT molecular complexity index is 2000. The molecule has 6 aromatic rings. The Morgan fingerprint density at radius 3 is 2.43 bits per heavy atom. The summed E-state index contributed by atoms with van der Waals surface area (Å²) in [5, 5.41) is 18.3. The molecule has 0 bridgehead atoms. The van der Waals surface area contributed by atoms with E-state index in [9.17, 15) is 9.90 Å². The summed E-state index contributed by atoms with van der Waals surface area (Å²) < 4.78 is 21.8. The van der Waals surface area contributed by atoms with Crippen LogP contribution < -0.4 is 9.47 Å². The Morgan fingerprint density at radius 1 is 0.891 bits per heavy atom. The number of carbonyl (C=O) groups is 1. The third-order valence-electron chi connectivity index (χ3n) is 8.20. The summed E-state index contributed by atoms with van der Waals surface area (Å²) in [5.41, 5.74) is 5.22. The Morgan fingerprint density at radius 2 is 1.63 bits per heavy atom. The monoisotopic (exact) mass is 615 g/mol. The van der Waals surface area contributed by atoms with Crippen LogP contribution in [0.25, 0.3) is 32.8 Å². The van der Waals surface area contributed by atoms with Crippen LogP contribution in [0.1, 0.15) is 33.9 Å². The summed E-state index contributed by atoms with van der Waals surface area (Å²) in [7, 11) is 3.70. The first kappa shape index (κ1) is 30.7. The van der Waals surface area contributed by atoms with Gasteiger partial charge in [0.25, 0.3) is 0 Å². The van der Waals surface area contributed by atoms with E-state index in [4.69, 9.17) is 19.3 Å². The predicted molar refractivity (Wildman–Crippen MR) is 180 cm³/mol. The van der Waals surface area contributed by atoms with Crippen molar-refractivity contribution in [3.8, 4) is 22.6 Å². The van der Waals surface area contributed by atoms with Crippen molar-refractivity contribution in [2.24, 2.45) is 14.1 Å². The highest BCUT2D eigenvalue weighted by Gasteiger charge is 2.26. The van der Waals surface area contributed by atoms with E-state index in [1.54, 1.807) is 10.6 Å². The Labute approximate surface area is 268 Å². The molecule has 46 heavy (non-hydrogen) atoms. The number of fused-ring (bicyclic) bond motifs is 2. The summed E-state index contributed by atoms with van der Waals surface area (Å²) >= 11 is 0. The van der Waals surface area contributed by atoms with Gasteiger partial charge in [0, 0.05) is 36.0 Å². The van der Waals surface area contributed by atoms with Crippen molar-refractivity contribution in [2.45, 2.75) is 26.1 Å². The lowest BCUT2D eigenvalue weighted by Crippen LogP contribution is -2.09. The number of hydrogen-bond donors (Lipinski definition) is 1. The highest BCUT2D eigenvalue weighted by molar-refractivity contribution is 6.04. The minimum Gasteiger partial charge on any atom is -0.493 e. The van der Waals surface area contributed by atoms with Crippen LogP contribution in [-0.2, 0) is 38.5 Å². The van der Waals surface area contributed by atoms with Crippen LogP contribution in [0.2, 0.25) is 0 Å². The van der Waals surface area contributed by atoms with Gasteiger partial charge in [0.05, 0.1) is 31.0 Å². The number of hydrogen-bond acceptors (Lipinski definition) is 5. The van der Waals surface area contributed by atoms with E-state index >= 15 is 0 Å². The van der Waals surface area contributed by atoms with E-state index < -0.39 is 5.97 Å². The molecule has 6 rings (SSSR count). The molecule has 4 aromatic carbocycles. The van der Waals surface area contributed by atoms with Gasteiger partial charge in [-0.3, -0.25) is 4.68 Å². The fourth-order valence-electron chi connectivity index (χ4n) is 6.17. The molecule has 234 valence electrons. The number of benzene rings is 4. The molecule has 0 radical (unpaired) electrons. The zero-order chi connectivity index (χ0) is 32.0. The average Bonchev–Trinajstić information content (AvgIpc) is 3.55. The minimum absolute atomic E-state index is 0.236. The summed E-state index contributed by atoms with van der Waals surface area (Å²) in [6.45, 7) is 5.16. The van der Waals surface area contributed by atoms with Gasteiger partial charge in [-0.1, -0.05) is 78.9 Å². The van der Waals surface area contributed by atoms with Crippen LogP contribution in [0.3, 0.4) is 0 Å². The van der Waals surface area contributed by atoms with Crippen LogP contribution >= 0.6 is 0 Å². The molecule has 0 aliphatic rings. The molecule has 0 amide bonds. The zero-order valence-electron chi connectivity index (χ0n) is 26.1. The molecule has 8 nitrogen and oxygen atoms in total. The Hall–Kier alpha value is -5.34. The number of para-hydroxylation sites is 2. The number of aryl methyl sites for hydroxylation is 3. The molecule has 0 saturated heterocycles. The van der Waals surface area contributed by atoms with Gasteiger partial charge in [-0.15, -0.1) is 6.58 Å². The second kappa shape index (κ2) is 13.7. The molecule has 1 N–H and O–H groups in total. The molecule has 0 spiro atoms. The van der Waals surface area contributed by atoms with Crippen molar-refractivity contribution in [2.75, 3.05) is 13.2 Å². The molecule has 0 saturated carbocycles. The van der Waals surface area contributed by atoms with Crippen LogP contribution in [0.15, 0.2) is 104 Å². The van der Waals surface area contributed by atoms with Gasteiger partial charge in [0.2, 0.25) is 0 Å². The third kappa shape index (κ3) is 6.12. The maximum atomic E-state index is 12.7. The Kier molecular flexibility index (Phi) is 9.17. The lowest BCUT2D eigenvalue weighted by molar-refractivity contribution is 0.0685. The predicted octanol–water partition coefficient (Wildman–Crippen LogP) is 7.72. The van der Waals surface area contributed by atoms with Crippen molar-refractivity contribution in [3.05, 3.63) is 126 Å². The number of carboxylic acid groups (broad SMARTS) is 1. The van der Waals surface area contributed by atoms with Gasteiger partial charge in [-0.2, -0.15) is 5.10 Å². The average molecular weight is 616 g/mol. The van der Waals surface area contributed by atoms with Crippen molar-refractivity contribution in [1.82, 2.24) is 14.3 Å². The number of nitrogens with zero attached hydrogens (tertiary/aromatic N) is 3. The lowest BCUT2D eigenvalue weighted by Gasteiger charge is -2.12. The van der Waals surface area contributed by atoms with E-state index in [1.807, 2.05) is 97.6 Å². The van der Waals surface area contributed by atoms with E-state index in [-0.39, 0.29) is 12.3 Å². The van der Waals surface area contributed by atoms with Gasteiger partial charge < -0.3 is 23.9 Å². The number of aromatic carboxylic acids is 1. The molecular weight excluding hydrogens is 578 g/mol. The fraction of sp³-hybridized carbons (Fsp3) is 0.211. The van der Waals surface area contributed by atoms with Gasteiger partial charge in [-0.05, 0) is 42.0 Å². The fourth-order valence-corrected chi connectivity index (χ4v) is 6.17. The maximum absolute atomic E-state index is 12.7. The Balaban J connectivity index is 1.36. The third-order valence-corrected chi connectivity index (χ3v) is 8.20. The molecule has 0 aliphatic heterocycles. The summed E-state index contributed by atoms with van der Waals surface area (Å²) in [4.78, 5) is 12.7.